The van der Waals surface area contributed by atoms with Crippen LogP contribution in [-0.2, 0) is 0 Å². The molecule has 14 heavy (non-hydrogen) atoms. The van der Waals surface area contributed by atoms with Gasteiger partial charge >= 0.3 is 0 Å². The second-order valence-corrected chi connectivity index (χ2v) is 3.59. The van der Waals surface area contributed by atoms with Gasteiger partial charge in [-0.2, -0.15) is 0 Å². The van der Waals surface area contributed by atoms with Crippen molar-refractivity contribution in [1.29, 1.82) is 0 Å². The van der Waals surface area contributed by atoms with Crippen molar-refractivity contribution in [3.8, 4) is 0 Å². The van der Waals surface area contributed by atoms with E-state index < -0.39 is 0 Å². The lowest BCUT2D eigenvalue weighted by Gasteiger charge is -2.16. The fraction of sp³-hybridized carbons (Fsp3) is 0.333. The lowest BCUT2D eigenvalue weighted by Crippen LogP contribution is -2.10. The molecule has 0 saturated heterocycles. The van der Waals surface area contributed by atoms with Gasteiger partial charge in [0.2, 0.25) is 0 Å². The number of nitrogens with two attached hydrogens (primary N) is 1. The summed E-state index contributed by atoms with van der Waals surface area (Å²) in [5, 5.41) is 0. The first-order chi connectivity index (χ1) is 6.65. The lowest BCUT2D eigenvalue weighted by molar-refractivity contribution is 1.12. The Kier molecular flexibility index (Phi) is 3.72. The van der Waals surface area contributed by atoms with Crippen LogP contribution in [0, 0.1) is 6.92 Å². The van der Waals surface area contributed by atoms with E-state index in [9.17, 15) is 0 Å². The molecule has 0 aliphatic rings. The molecule has 0 fully saturated rings. The minimum absolute atomic E-state index is 0.584. The Morgan fingerprint density at radius 2 is 2.07 bits per heavy atom. The van der Waals surface area contributed by atoms with Crippen LogP contribution in [0.4, 0.5) is 5.69 Å². The first-order valence-electron chi connectivity index (χ1n) is 4.79. The van der Waals surface area contributed by atoms with E-state index in [1.54, 1.807) is 0 Å². The Balaban J connectivity index is 3.09. The minimum Gasteiger partial charge on any atom is -0.377 e. The van der Waals surface area contributed by atoms with Gasteiger partial charge in [-0.15, -0.1) is 0 Å². The van der Waals surface area contributed by atoms with Gasteiger partial charge in [-0.05, 0) is 24.6 Å². The SMILES string of the molecule is Cc1ccc(N(C)C)c(/C=C/CN)c1. The predicted octanol–water partition coefficient (Wildman–Crippen LogP) is 2.03. The minimum atomic E-state index is 0.584. The third-order valence-corrected chi connectivity index (χ3v) is 2.10. The number of anilines is 1. The molecular formula is C12H18N2. The third kappa shape index (κ3) is 2.60. The van der Waals surface area contributed by atoms with Crippen molar-refractivity contribution in [2.24, 2.45) is 5.73 Å². The van der Waals surface area contributed by atoms with E-state index in [1.165, 1.54) is 16.8 Å². The van der Waals surface area contributed by atoms with Crippen molar-refractivity contribution >= 4 is 11.8 Å². The molecular weight excluding hydrogens is 172 g/mol. The second-order valence-electron chi connectivity index (χ2n) is 3.59. The highest BCUT2D eigenvalue weighted by Gasteiger charge is 2.00. The summed E-state index contributed by atoms with van der Waals surface area (Å²) in [4.78, 5) is 2.11. The zero-order valence-electron chi connectivity index (χ0n) is 9.12. The first kappa shape index (κ1) is 10.8. The number of benzene rings is 1. The van der Waals surface area contributed by atoms with Crippen molar-refractivity contribution in [2.75, 3.05) is 25.5 Å². The molecule has 0 heterocycles. The van der Waals surface area contributed by atoms with E-state index in [2.05, 4.69) is 36.1 Å². The van der Waals surface area contributed by atoms with Crippen LogP contribution in [0.2, 0.25) is 0 Å². The molecule has 2 nitrogen and oxygen atoms in total. The average Bonchev–Trinajstić information content (AvgIpc) is 2.14. The monoisotopic (exact) mass is 190 g/mol. The number of nitrogens with zero attached hydrogens (tertiary/aromatic N) is 1. The molecule has 0 amide bonds. The van der Waals surface area contributed by atoms with Crippen LogP contribution in [0.1, 0.15) is 11.1 Å². The van der Waals surface area contributed by atoms with Crippen molar-refractivity contribution in [1.82, 2.24) is 0 Å². The maximum absolute atomic E-state index is 5.44. The number of hydrogen-bond donors (Lipinski definition) is 1. The lowest BCUT2D eigenvalue weighted by atomic mass is 10.1. The number of rotatable bonds is 3. The number of hydrogen-bond acceptors (Lipinski definition) is 2. The van der Waals surface area contributed by atoms with Gasteiger partial charge in [-0.3, -0.25) is 0 Å². The fourth-order valence-electron chi connectivity index (χ4n) is 1.41. The molecule has 0 bridgehead atoms. The first-order valence-corrected chi connectivity index (χ1v) is 4.79. The summed E-state index contributed by atoms with van der Waals surface area (Å²) in [6.07, 6.45) is 4.05. The Morgan fingerprint density at radius 3 is 2.64 bits per heavy atom. The molecule has 0 saturated carbocycles. The van der Waals surface area contributed by atoms with Crippen LogP contribution in [0.5, 0.6) is 0 Å². The van der Waals surface area contributed by atoms with E-state index in [4.69, 9.17) is 5.73 Å². The molecule has 2 heteroatoms. The fourth-order valence-corrected chi connectivity index (χ4v) is 1.41. The van der Waals surface area contributed by atoms with Gasteiger partial charge in [0.05, 0.1) is 0 Å². The summed E-state index contributed by atoms with van der Waals surface area (Å²) < 4.78 is 0. The van der Waals surface area contributed by atoms with Gasteiger partial charge in [-0.25, -0.2) is 0 Å². The van der Waals surface area contributed by atoms with Crippen LogP contribution in [-0.4, -0.2) is 20.6 Å². The smallest absolute Gasteiger partial charge is 0.0434 e. The maximum atomic E-state index is 5.44. The Morgan fingerprint density at radius 1 is 1.36 bits per heavy atom. The van der Waals surface area contributed by atoms with Gasteiger partial charge in [0, 0.05) is 26.3 Å². The zero-order valence-corrected chi connectivity index (χ0v) is 9.12. The van der Waals surface area contributed by atoms with Crippen LogP contribution in [0.3, 0.4) is 0 Å². The standard InChI is InChI=1S/C12H18N2/c1-10-6-7-12(14(2)3)11(9-10)5-4-8-13/h4-7,9H,8,13H2,1-3H3/b5-4+. The molecule has 0 unspecified atom stereocenters. The van der Waals surface area contributed by atoms with Crippen molar-refractivity contribution < 1.29 is 0 Å². The summed E-state index contributed by atoms with van der Waals surface area (Å²) in [5.41, 5.74) is 9.16. The van der Waals surface area contributed by atoms with Gasteiger partial charge < -0.3 is 10.6 Å². The highest BCUT2D eigenvalue weighted by atomic mass is 15.1. The molecule has 0 aromatic heterocycles. The highest BCUT2D eigenvalue weighted by Crippen LogP contribution is 2.21. The largest absolute Gasteiger partial charge is 0.377 e. The van der Waals surface area contributed by atoms with E-state index in [1.807, 2.05) is 20.2 Å². The second kappa shape index (κ2) is 4.82. The summed E-state index contributed by atoms with van der Waals surface area (Å²) >= 11 is 0. The van der Waals surface area contributed by atoms with E-state index in [0.717, 1.165) is 0 Å². The van der Waals surface area contributed by atoms with E-state index >= 15 is 0 Å². The molecule has 1 aromatic rings. The zero-order chi connectivity index (χ0) is 10.6. The van der Waals surface area contributed by atoms with Crippen molar-refractivity contribution in [3.63, 3.8) is 0 Å². The normalized spacial score (nSPS) is 10.9. The molecule has 2 N–H and O–H groups in total. The Labute approximate surface area is 86.0 Å². The summed E-state index contributed by atoms with van der Waals surface area (Å²) in [6.45, 7) is 2.68. The van der Waals surface area contributed by atoms with Crippen LogP contribution >= 0.6 is 0 Å². The predicted molar refractivity (Wildman–Crippen MR) is 63.6 cm³/mol. The molecule has 0 spiro atoms. The molecule has 76 valence electrons. The van der Waals surface area contributed by atoms with Gasteiger partial charge in [-0.1, -0.05) is 23.8 Å². The summed E-state index contributed by atoms with van der Waals surface area (Å²) in [6, 6.07) is 6.42. The third-order valence-electron chi connectivity index (χ3n) is 2.10. The van der Waals surface area contributed by atoms with Gasteiger partial charge in [0.25, 0.3) is 0 Å². The van der Waals surface area contributed by atoms with Crippen LogP contribution < -0.4 is 10.6 Å². The van der Waals surface area contributed by atoms with Gasteiger partial charge in [0.1, 0.15) is 0 Å². The molecule has 0 atom stereocenters. The Hall–Kier alpha value is -1.28. The van der Waals surface area contributed by atoms with E-state index in [-0.39, 0.29) is 0 Å². The molecule has 0 aliphatic carbocycles. The maximum Gasteiger partial charge on any atom is 0.0434 e. The Bertz CT molecular complexity index is 327. The van der Waals surface area contributed by atoms with Crippen LogP contribution in [0.15, 0.2) is 24.3 Å². The van der Waals surface area contributed by atoms with Gasteiger partial charge in [0.15, 0.2) is 0 Å². The number of aryl methyl sites for hydroxylation is 1. The molecule has 1 rings (SSSR count). The van der Waals surface area contributed by atoms with E-state index in [0.29, 0.717) is 6.54 Å². The molecule has 0 aliphatic heterocycles. The average molecular weight is 190 g/mol. The van der Waals surface area contributed by atoms with Crippen molar-refractivity contribution in [3.05, 3.63) is 35.4 Å². The summed E-state index contributed by atoms with van der Waals surface area (Å²) in [7, 11) is 4.09. The van der Waals surface area contributed by atoms with Crippen molar-refractivity contribution in [2.45, 2.75) is 6.92 Å². The highest BCUT2D eigenvalue weighted by molar-refractivity contribution is 5.68. The summed E-state index contributed by atoms with van der Waals surface area (Å²) in [5.74, 6) is 0. The topological polar surface area (TPSA) is 29.3 Å². The quantitative estimate of drug-likeness (QED) is 0.790. The van der Waals surface area contributed by atoms with Crippen LogP contribution in [0.25, 0.3) is 6.08 Å². The molecule has 1 aromatic carbocycles. The molecule has 0 radical (unpaired) electrons.